The number of nitriles is 1. The summed E-state index contributed by atoms with van der Waals surface area (Å²) in [4.78, 5) is 16.7. The highest BCUT2D eigenvalue weighted by Gasteiger charge is 2.21. The Balaban J connectivity index is 1.82. The molecule has 122 valence electrons. The molecule has 5 heteroatoms. The first-order valence-corrected chi connectivity index (χ1v) is 8.32. The molecule has 0 amide bonds. The minimum atomic E-state index is -0.173. The van der Waals surface area contributed by atoms with Crippen LogP contribution in [0.3, 0.4) is 0 Å². The quantitative estimate of drug-likeness (QED) is 0.787. The number of rotatable bonds is 4. The van der Waals surface area contributed by atoms with Crippen LogP contribution in [0.4, 0.5) is 0 Å². The van der Waals surface area contributed by atoms with E-state index in [9.17, 15) is 10.1 Å². The molecule has 2 aromatic rings. The highest BCUT2D eigenvalue weighted by Crippen LogP contribution is 2.30. The van der Waals surface area contributed by atoms with E-state index in [1.807, 2.05) is 6.92 Å². The second kappa shape index (κ2) is 7.02. The van der Waals surface area contributed by atoms with Gasteiger partial charge in [-0.05, 0) is 68.0 Å². The van der Waals surface area contributed by atoms with Gasteiger partial charge in [-0.25, -0.2) is 4.98 Å². The van der Waals surface area contributed by atoms with Crippen LogP contribution >= 0.6 is 11.6 Å². The van der Waals surface area contributed by atoms with Gasteiger partial charge in [-0.15, -0.1) is 0 Å². The van der Waals surface area contributed by atoms with Gasteiger partial charge in [0, 0.05) is 16.3 Å². The van der Waals surface area contributed by atoms with Crippen molar-refractivity contribution in [1.82, 2.24) is 4.98 Å². The number of aryl methyl sites for hydroxylation is 1. The third kappa shape index (κ3) is 3.27. The molecule has 0 N–H and O–H groups in total. The minimum Gasteiger partial charge on any atom is -0.468 e. The van der Waals surface area contributed by atoms with E-state index in [4.69, 9.17) is 16.3 Å². The summed E-state index contributed by atoms with van der Waals surface area (Å²) in [6, 6.07) is 8.81. The number of ether oxygens (including phenoxy) is 1. The van der Waals surface area contributed by atoms with E-state index in [2.05, 4.69) is 11.1 Å². The maximum atomic E-state index is 12.2. The Kier molecular flexibility index (Phi) is 4.82. The molecule has 24 heavy (non-hydrogen) atoms. The van der Waals surface area contributed by atoms with Crippen molar-refractivity contribution in [2.45, 2.75) is 32.6 Å². The zero-order valence-electron chi connectivity index (χ0n) is 13.4. The summed E-state index contributed by atoms with van der Waals surface area (Å²) in [5, 5.41) is 10.0. The third-order valence-electron chi connectivity index (χ3n) is 4.33. The molecule has 0 aliphatic heterocycles. The third-order valence-corrected chi connectivity index (χ3v) is 4.59. The molecule has 0 saturated carbocycles. The van der Waals surface area contributed by atoms with Crippen molar-refractivity contribution in [3.8, 4) is 11.9 Å². The molecule has 1 aromatic carbocycles. The van der Waals surface area contributed by atoms with Crippen LogP contribution in [-0.4, -0.2) is 17.4 Å². The molecule has 1 aromatic heterocycles. The lowest BCUT2D eigenvalue weighted by molar-refractivity contribution is 0.0917. The van der Waals surface area contributed by atoms with Gasteiger partial charge < -0.3 is 4.74 Å². The molecule has 0 unspecified atom stereocenters. The van der Waals surface area contributed by atoms with Gasteiger partial charge in [0.2, 0.25) is 5.88 Å². The van der Waals surface area contributed by atoms with E-state index in [-0.39, 0.29) is 18.3 Å². The number of nitrogens with zero attached hydrogens (tertiary/aromatic N) is 2. The van der Waals surface area contributed by atoms with E-state index in [1.54, 1.807) is 24.3 Å². The van der Waals surface area contributed by atoms with Gasteiger partial charge in [-0.3, -0.25) is 4.79 Å². The molecule has 0 spiro atoms. The molecule has 0 radical (unpaired) electrons. The van der Waals surface area contributed by atoms with Crippen LogP contribution in [0, 0.1) is 18.3 Å². The topological polar surface area (TPSA) is 63.0 Å². The van der Waals surface area contributed by atoms with Crippen molar-refractivity contribution < 1.29 is 9.53 Å². The number of hydrogen-bond acceptors (Lipinski definition) is 4. The van der Waals surface area contributed by atoms with Gasteiger partial charge in [0.05, 0.1) is 0 Å². The molecule has 4 nitrogen and oxygen atoms in total. The standard InChI is InChI=1S/C19H17ClN2O2/c1-12-15-4-2-3-5-17(15)22-19(16(12)10-21)24-11-18(23)13-6-8-14(20)9-7-13/h6-9H,2-5,11H2,1H3. The zero-order chi connectivity index (χ0) is 17.1. The smallest absolute Gasteiger partial charge is 0.232 e. The number of benzene rings is 1. The largest absolute Gasteiger partial charge is 0.468 e. The van der Waals surface area contributed by atoms with E-state index < -0.39 is 0 Å². The predicted molar refractivity (Wildman–Crippen MR) is 91.6 cm³/mol. The summed E-state index contributed by atoms with van der Waals surface area (Å²) >= 11 is 5.83. The van der Waals surface area contributed by atoms with Gasteiger partial charge in [-0.1, -0.05) is 11.6 Å². The van der Waals surface area contributed by atoms with Crippen molar-refractivity contribution in [1.29, 1.82) is 5.26 Å². The fraction of sp³-hybridized carbons (Fsp3) is 0.316. The maximum Gasteiger partial charge on any atom is 0.232 e. The van der Waals surface area contributed by atoms with Gasteiger partial charge in [0.1, 0.15) is 11.6 Å². The van der Waals surface area contributed by atoms with Gasteiger partial charge in [0.25, 0.3) is 0 Å². The average molecular weight is 341 g/mol. The first-order chi connectivity index (χ1) is 11.6. The first kappa shape index (κ1) is 16.5. The average Bonchev–Trinajstić information content (AvgIpc) is 2.60. The zero-order valence-corrected chi connectivity index (χ0v) is 14.2. The number of aromatic nitrogens is 1. The Morgan fingerprint density at radius 3 is 2.71 bits per heavy atom. The molecular weight excluding hydrogens is 324 g/mol. The molecule has 1 aliphatic carbocycles. The van der Waals surface area contributed by atoms with Gasteiger partial charge >= 0.3 is 0 Å². The first-order valence-electron chi connectivity index (χ1n) is 7.94. The van der Waals surface area contributed by atoms with Crippen LogP contribution in [0.2, 0.25) is 5.02 Å². The van der Waals surface area contributed by atoms with Crippen LogP contribution < -0.4 is 4.74 Å². The second-order valence-corrected chi connectivity index (χ2v) is 6.32. The Hall–Kier alpha value is -2.38. The van der Waals surface area contributed by atoms with Crippen molar-refractivity contribution in [3.63, 3.8) is 0 Å². The number of fused-ring (bicyclic) bond motifs is 1. The predicted octanol–water partition coefficient (Wildman–Crippen LogP) is 4.06. The highest BCUT2D eigenvalue weighted by molar-refractivity contribution is 6.30. The lowest BCUT2D eigenvalue weighted by Crippen LogP contribution is -2.16. The lowest BCUT2D eigenvalue weighted by atomic mass is 9.91. The number of halogens is 1. The summed E-state index contributed by atoms with van der Waals surface area (Å²) in [5.41, 5.74) is 4.03. The van der Waals surface area contributed by atoms with Crippen LogP contribution in [0.15, 0.2) is 24.3 Å². The number of ketones is 1. The Morgan fingerprint density at radius 1 is 1.29 bits per heavy atom. The summed E-state index contributed by atoms with van der Waals surface area (Å²) in [5.74, 6) is 0.0886. The summed E-state index contributed by atoms with van der Waals surface area (Å²) < 4.78 is 5.61. The SMILES string of the molecule is Cc1c(C#N)c(OCC(=O)c2ccc(Cl)cc2)nc2c1CCCC2. The molecule has 0 saturated heterocycles. The van der Waals surface area contributed by atoms with Crippen molar-refractivity contribution in [2.75, 3.05) is 6.61 Å². The number of hydrogen-bond donors (Lipinski definition) is 0. The summed E-state index contributed by atoms with van der Waals surface area (Å²) in [7, 11) is 0. The highest BCUT2D eigenvalue weighted by atomic mass is 35.5. The molecular formula is C19H17ClN2O2. The summed E-state index contributed by atoms with van der Waals surface area (Å²) in [6.07, 6.45) is 4.06. The monoisotopic (exact) mass is 340 g/mol. The van der Waals surface area contributed by atoms with Crippen LogP contribution in [0.5, 0.6) is 5.88 Å². The minimum absolute atomic E-state index is 0.151. The molecule has 1 heterocycles. The van der Waals surface area contributed by atoms with E-state index in [0.717, 1.165) is 42.5 Å². The van der Waals surface area contributed by atoms with E-state index >= 15 is 0 Å². The lowest BCUT2D eigenvalue weighted by Gasteiger charge is -2.19. The normalized spacial score (nSPS) is 13.0. The van der Waals surface area contributed by atoms with Crippen LogP contribution in [-0.2, 0) is 12.8 Å². The number of carbonyl (C=O) groups is 1. The number of carbonyl (C=O) groups excluding carboxylic acids is 1. The number of pyridine rings is 1. The fourth-order valence-electron chi connectivity index (χ4n) is 3.00. The Bertz CT molecular complexity index is 823. The summed E-state index contributed by atoms with van der Waals surface area (Å²) in [6.45, 7) is 1.78. The van der Waals surface area contributed by atoms with Crippen molar-refractivity contribution in [2.24, 2.45) is 0 Å². The number of Topliss-reactive ketones (excluding diaryl/α,β-unsaturated/α-hetero) is 1. The van der Waals surface area contributed by atoms with Gasteiger partial charge in [0.15, 0.2) is 12.4 Å². The molecule has 3 rings (SSSR count). The van der Waals surface area contributed by atoms with Crippen LogP contribution in [0.1, 0.15) is 45.6 Å². The fourth-order valence-corrected chi connectivity index (χ4v) is 3.12. The molecule has 1 aliphatic rings. The molecule has 0 bridgehead atoms. The van der Waals surface area contributed by atoms with Gasteiger partial charge in [-0.2, -0.15) is 5.26 Å². The van der Waals surface area contributed by atoms with Crippen LogP contribution in [0.25, 0.3) is 0 Å². The second-order valence-electron chi connectivity index (χ2n) is 5.88. The molecule has 0 fully saturated rings. The molecule has 0 atom stereocenters. The Labute approximate surface area is 146 Å². The Morgan fingerprint density at radius 2 is 2.00 bits per heavy atom. The van der Waals surface area contributed by atoms with E-state index in [1.165, 1.54) is 0 Å². The van der Waals surface area contributed by atoms with E-state index in [0.29, 0.717) is 16.1 Å². The van der Waals surface area contributed by atoms with Crippen molar-refractivity contribution in [3.05, 3.63) is 57.2 Å². The van der Waals surface area contributed by atoms with Crippen molar-refractivity contribution >= 4 is 17.4 Å². The maximum absolute atomic E-state index is 12.2.